The molecular formula is C14H11N5O2. The fourth-order valence-corrected chi connectivity index (χ4v) is 2.04. The molecule has 0 spiro atoms. The molecule has 7 nitrogen and oxygen atoms in total. The monoisotopic (exact) mass is 281 g/mol. The average Bonchev–Trinajstić information content (AvgIpc) is 2.90. The van der Waals surface area contributed by atoms with E-state index in [9.17, 15) is 10.1 Å². The predicted octanol–water partition coefficient (Wildman–Crippen LogP) is 2.42. The van der Waals surface area contributed by atoms with E-state index in [4.69, 9.17) is 5.73 Å². The molecule has 0 amide bonds. The molecule has 0 radical (unpaired) electrons. The van der Waals surface area contributed by atoms with Crippen molar-refractivity contribution in [2.24, 2.45) is 0 Å². The van der Waals surface area contributed by atoms with E-state index in [1.165, 1.54) is 10.7 Å². The first-order valence-electron chi connectivity index (χ1n) is 6.17. The third-order valence-electron chi connectivity index (χ3n) is 2.98. The quantitative estimate of drug-likeness (QED) is 0.587. The van der Waals surface area contributed by atoms with Crippen molar-refractivity contribution in [2.75, 3.05) is 5.73 Å². The van der Waals surface area contributed by atoms with Gasteiger partial charge < -0.3 is 5.73 Å². The molecule has 2 heterocycles. The first-order valence-corrected chi connectivity index (χ1v) is 6.17. The van der Waals surface area contributed by atoms with E-state index < -0.39 is 4.92 Å². The maximum atomic E-state index is 11.1. The molecule has 0 saturated heterocycles. The number of nitrogens with two attached hydrogens (primary N) is 1. The molecule has 0 atom stereocenters. The van der Waals surface area contributed by atoms with Crippen LogP contribution in [0.15, 0.2) is 54.9 Å². The van der Waals surface area contributed by atoms with Crippen molar-refractivity contribution in [2.45, 2.75) is 0 Å². The molecule has 21 heavy (non-hydrogen) atoms. The molecule has 0 aliphatic carbocycles. The highest BCUT2D eigenvalue weighted by Crippen LogP contribution is 2.32. The van der Waals surface area contributed by atoms with E-state index in [2.05, 4.69) is 10.1 Å². The minimum Gasteiger partial charge on any atom is -0.396 e. The maximum Gasteiger partial charge on any atom is 0.278 e. The van der Waals surface area contributed by atoms with Gasteiger partial charge in [-0.1, -0.05) is 18.2 Å². The van der Waals surface area contributed by atoms with E-state index in [1.54, 1.807) is 42.7 Å². The summed E-state index contributed by atoms with van der Waals surface area (Å²) < 4.78 is 1.50. The second-order valence-electron chi connectivity index (χ2n) is 4.34. The van der Waals surface area contributed by atoms with Gasteiger partial charge in [0.1, 0.15) is 5.69 Å². The molecule has 7 heteroatoms. The highest BCUT2D eigenvalue weighted by atomic mass is 16.6. The van der Waals surface area contributed by atoms with Gasteiger partial charge in [0.15, 0.2) is 5.82 Å². The number of aromatic nitrogens is 3. The summed E-state index contributed by atoms with van der Waals surface area (Å²) in [5, 5.41) is 15.4. The second-order valence-corrected chi connectivity index (χ2v) is 4.34. The Labute approximate surface area is 119 Å². The lowest BCUT2D eigenvalue weighted by molar-refractivity contribution is -0.384. The van der Waals surface area contributed by atoms with Gasteiger partial charge >= 0.3 is 0 Å². The molecule has 104 valence electrons. The van der Waals surface area contributed by atoms with Crippen molar-refractivity contribution in [3.05, 3.63) is 65.0 Å². The number of para-hydroxylation sites is 1. The number of nitro benzene ring substituents is 1. The van der Waals surface area contributed by atoms with Crippen LogP contribution in [0, 0.1) is 10.1 Å². The molecule has 0 bridgehead atoms. The Morgan fingerprint density at radius 3 is 2.62 bits per heavy atom. The van der Waals surface area contributed by atoms with Crippen LogP contribution >= 0.6 is 0 Å². The summed E-state index contributed by atoms with van der Waals surface area (Å²) in [7, 11) is 0. The average molecular weight is 281 g/mol. The zero-order valence-electron chi connectivity index (χ0n) is 10.9. The molecule has 3 rings (SSSR count). The van der Waals surface area contributed by atoms with Gasteiger partial charge in [0, 0.05) is 12.3 Å². The largest absolute Gasteiger partial charge is 0.396 e. The molecule has 0 aliphatic rings. The molecule has 0 fully saturated rings. The summed E-state index contributed by atoms with van der Waals surface area (Å²) in [6, 6.07) is 11.8. The Morgan fingerprint density at radius 2 is 1.90 bits per heavy atom. The van der Waals surface area contributed by atoms with Gasteiger partial charge in [0.2, 0.25) is 0 Å². The molecule has 1 aromatic carbocycles. The van der Waals surface area contributed by atoms with Crippen LogP contribution in [0.4, 0.5) is 11.4 Å². The molecule has 2 N–H and O–H groups in total. The summed E-state index contributed by atoms with van der Waals surface area (Å²) >= 11 is 0. The predicted molar refractivity (Wildman–Crippen MR) is 77.9 cm³/mol. The molecule has 2 aromatic heterocycles. The number of benzene rings is 1. The highest BCUT2D eigenvalue weighted by molar-refractivity contribution is 5.79. The van der Waals surface area contributed by atoms with Crippen LogP contribution < -0.4 is 5.73 Å². The smallest absolute Gasteiger partial charge is 0.278 e. The number of pyridine rings is 1. The molecule has 3 aromatic rings. The number of rotatable bonds is 3. The zero-order chi connectivity index (χ0) is 14.8. The Morgan fingerprint density at radius 1 is 1.14 bits per heavy atom. The van der Waals surface area contributed by atoms with Crippen molar-refractivity contribution in [1.29, 1.82) is 0 Å². The van der Waals surface area contributed by atoms with Gasteiger partial charge in [0.25, 0.3) is 5.69 Å². The lowest BCUT2D eigenvalue weighted by Gasteiger charge is -2.00. The van der Waals surface area contributed by atoms with E-state index in [-0.39, 0.29) is 5.69 Å². The van der Waals surface area contributed by atoms with Crippen LogP contribution in [0.1, 0.15) is 0 Å². The number of hydrogen-bond donors (Lipinski definition) is 1. The van der Waals surface area contributed by atoms with Crippen LogP contribution in [0.25, 0.3) is 17.1 Å². The standard InChI is InChI=1S/C14H11N5O2/c15-11-9-18(13-7-3-4-8-16-13)17-14(11)10-5-1-2-6-12(10)19(20)21/h1-9H,15H2. The highest BCUT2D eigenvalue weighted by Gasteiger charge is 2.19. The molecular weight excluding hydrogens is 270 g/mol. The van der Waals surface area contributed by atoms with Gasteiger partial charge in [-0.2, -0.15) is 5.10 Å². The number of hydrogen-bond acceptors (Lipinski definition) is 5. The third kappa shape index (κ3) is 2.32. The van der Waals surface area contributed by atoms with E-state index in [0.717, 1.165) is 0 Å². The fraction of sp³-hybridized carbons (Fsp3) is 0. The second kappa shape index (κ2) is 5.04. The zero-order valence-corrected chi connectivity index (χ0v) is 10.9. The molecule has 0 aliphatic heterocycles. The van der Waals surface area contributed by atoms with Crippen LogP contribution in [0.2, 0.25) is 0 Å². The van der Waals surface area contributed by atoms with Gasteiger partial charge in [-0.15, -0.1) is 0 Å². The molecule has 0 saturated carbocycles. The molecule has 0 unspecified atom stereocenters. The summed E-state index contributed by atoms with van der Waals surface area (Å²) in [5.41, 5.74) is 7.02. The van der Waals surface area contributed by atoms with Gasteiger partial charge in [-0.05, 0) is 18.2 Å². The van der Waals surface area contributed by atoms with Gasteiger partial charge in [0.05, 0.1) is 22.4 Å². The number of nitrogens with zero attached hydrogens (tertiary/aromatic N) is 4. The lowest BCUT2D eigenvalue weighted by Crippen LogP contribution is -1.98. The SMILES string of the molecule is Nc1cn(-c2ccccn2)nc1-c1ccccc1[N+](=O)[O-]. The Kier molecular flexibility index (Phi) is 3.07. The Balaban J connectivity index is 2.13. The van der Waals surface area contributed by atoms with Crippen molar-refractivity contribution in [3.8, 4) is 17.1 Å². The van der Waals surface area contributed by atoms with Gasteiger partial charge in [-0.25, -0.2) is 9.67 Å². The fourth-order valence-electron chi connectivity index (χ4n) is 2.04. The van der Waals surface area contributed by atoms with E-state index in [1.807, 2.05) is 6.07 Å². The number of nitro groups is 1. The first-order chi connectivity index (χ1) is 10.2. The van der Waals surface area contributed by atoms with Crippen LogP contribution in [0.3, 0.4) is 0 Å². The summed E-state index contributed by atoms with van der Waals surface area (Å²) in [6.45, 7) is 0. The van der Waals surface area contributed by atoms with Crippen LogP contribution in [0.5, 0.6) is 0 Å². The third-order valence-corrected chi connectivity index (χ3v) is 2.98. The Hall–Kier alpha value is -3.22. The minimum absolute atomic E-state index is 0.0320. The van der Waals surface area contributed by atoms with Crippen molar-refractivity contribution in [1.82, 2.24) is 14.8 Å². The topological polar surface area (TPSA) is 99.9 Å². The number of anilines is 1. The van der Waals surface area contributed by atoms with Crippen LogP contribution in [-0.2, 0) is 0 Å². The maximum absolute atomic E-state index is 11.1. The summed E-state index contributed by atoms with van der Waals surface area (Å²) in [6.07, 6.45) is 3.23. The Bertz CT molecular complexity index is 798. The lowest BCUT2D eigenvalue weighted by atomic mass is 10.1. The normalized spacial score (nSPS) is 10.5. The first kappa shape index (κ1) is 12.8. The summed E-state index contributed by atoms with van der Waals surface area (Å²) in [5.74, 6) is 0.592. The van der Waals surface area contributed by atoms with Crippen LogP contribution in [-0.4, -0.2) is 19.7 Å². The van der Waals surface area contributed by atoms with Crippen molar-refractivity contribution >= 4 is 11.4 Å². The summed E-state index contributed by atoms with van der Waals surface area (Å²) in [4.78, 5) is 14.8. The van der Waals surface area contributed by atoms with E-state index >= 15 is 0 Å². The minimum atomic E-state index is -0.450. The van der Waals surface area contributed by atoms with E-state index in [0.29, 0.717) is 22.8 Å². The van der Waals surface area contributed by atoms with Gasteiger partial charge in [-0.3, -0.25) is 10.1 Å². The number of nitrogen functional groups attached to an aromatic ring is 1. The van der Waals surface area contributed by atoms with Crippen molar-refractivity contribution < 1.29 is 4.92 Å². The van der Waals surface area contributed by atoms with Crippen molar-refractivity contribution in [3.63, 3.8) is 0 Å².